The molecule has 1 amide bonds. The second-order valence-electron chi connectivity index (χ2n) is 7.69. The summed E-state index contributed by atoms with van der Waals surface area (Å²) in [6, 6.07) is 13.0. The molecule has 2 aromatic carbocycles. The van der Waals surface area contributed by atoms with Crippen molar-refractivity contribution >= 4 is 5.91 Å². The minimum Gasteiger partial charge on any atom is -0.497 e. The molecule has 0 spiro atoms. The van der Waals surface area contributed by atoms with Crippen LogP contribution in [-0.4, -0.2) is 24.0 Å². The van der Waals surface area contributed by atoms with E-state index in [4.69, 9.17) is 4.74 Å². The molecule has 0 aromatic heterocycles. The first-order valence-electron chi connectivity index (χ1n) is 9.72. The van der Waals surface area contributed by atoms with E-state index in [-0.39, 0.29) is 5.91 Å². The van der Waals surface area contributed by atoms with Crippen molar-refractivity contribution in [3.63, 3.8) is 0 Å². The van der Waals surface area contributed by atoms with Gasteiger partial charge in [-0.3, -0.25) is 4.79 Å². The molecule has 2 aromatic rings. The minimum atomic E-state index is 0.239. The topological polar surface area (TPSA) is 29.5 Å². The van der Waals surface area contributed by atoms with Gasteiger partial charge in [0.2, 0.25) is 0 Å². The monoisotopic (exact) mass is 349 g/mol. The van der Waals surface area contributed by atoms with E-state index in [0.717, 1.165) is 37.1 Å². The van der Waals surface area contributed by atoms with Crippen LogP contribution in [0.1, 0.15) is 64.7 Å². The van der Waals surface area contributed by atoms with E-state index in [1.165, 1.54) is 41.5 Å². The number of nitrogens with zero attached hydrogens (tertiary/aromatic N) is 1. The number of carbonyl (C=O) groups excluding carboxylic acids is 1. The van der Waals surface area contributed by atoms with Crippen LogP contribution < -0.4 is 4.74 Å². The third-order valence-electron chi connectivity index (χ3n) is 5.96. The highest BCUT2D eigenvalue weighted by atomic mass is 16.5. The lowest BCUT2D eigenvalue weighted by molar-refractivity contribution is 0.0660. The van der Waals surface area contributed by atoms with Crippen LogP contribution in [0, 0.1) is 6.92 Å². The van der Waals surface area contributed by atoms with Gasteiger partial charge in [-0.2, -0.15) is 0 Å². The van der Waals surface area contributed by atoms with Crippen molar-refractivity contribution in [2.45, 2.75) is 58.0 Å². The number of ether oxygens (including phenoxy) is 1. The Labute approximate surface area is 156 Å². The smallest absolute Gasteiger partial charge is 0.254 e. The van der Waals surface area contributed by atoms with Gasteiger partial charge in [-0.1, -0.05) is 37.5 Å². The lowest BCUT2D eigenvalue weighted by Crippen LogP contribution is -2.36. The Morgan fingerprint density at radius 1 is 1.08 bits per heavy atom. The third kappa shape index (κ3) is 3.23. The van der Waals surface area contributed by atoms with Crippen LogP contribution in [0.4, 0.5) is 0 Å². The van der Waals surface area contributed by atoms with Crippen molar-refractivity contribution in [3.05, 3.63) is 64.2 Å². The van der Waals surface area contributed by atoms with E-state index in [0.29, 0.717) is 6.04 Å². The van der Waals surface area contributed by atoms with Gasteiger partial charge in [-0.05, 0) is 66.6 Å². The predicted octanol–water partition coefficient (Wildman–Crippen LogP) is 4.88. The highest BCUT2D eigenvalue weighted by Crippen LogP contribution is 2.33. The molecule has 0 unspecified atom stereocenters. The number of amides is 1. The first-order valence-corrected chi connectivity index (χ1v) is 9.72. The van der Waals surface area contributed by atoms with E-state index in [1.54, 1.807) is 7.11 Å². The van der Waals surface area contributed by atoms with Crippen molar-refractivity contribution in [1.82, 2.24) is 4.90 Å². The average molecular weight is 349 g/mol. The molecule has 0 atom stereocenters. The molecule has 0 N–H and O–H groups in total. The number of hydrogen-bond acceptors (Lipinski definition) is 2. The molecule has 1 fully saturated rings. The van der Waals surface area contributed by atoms with E-state index < -0.39 is 0 Å². The Balaban J connectivity index is 1.56. The molecule has 26 heavy (non-hydrogen) atoms. The van der Waals surface area contributed by atoms with Gasteiger partial charge in [0, 0.05) is 18.2 Å². The Hall–Kier alpha value is -2.29. The summed E-state index contributed by atoms with van der Waals surface area (Å²) in [5.41, 5.74) is 5.88. The summed E-state index contributed by atoms with van der Waals surface area (Å²) in [5.74, 6) is 1.11. The highest BCUT2D eigenvalue weighted by Gasteiger charge is 2.33. The Bertz CT molecular complexity index is 804. The minimum absolute atomic E-state index is 0.239. The summed E-state index contributed by atoms with van der Waals surface area (Å²) in [6.07, 6.45) is 7.00. The number of methoxy groups -OCH3 is 1. The Morgan fingerprint density at radius 3 is 2.50 bits per heavy atom. The first-order chi connectivity index (χ1) is 12.7. The van der Waals surface area contributed by atoms with Crippen LogP contribution in [0.3, 0.4) is 0 Å². The van der Waals surface area contributed by atoms with Gasteiger partial charge in [0.1, 0.15) is 5.75 Å². The number of benzene rings is 2. The molecule has 1 heterocycles. The predicted molar refractivity (Wildman–Crippen MR) is 104 cm³/mol. The average Bonchev–Trinajstić information content (AvgIpc) is 2.99. The molecule has 0 saturated heterocycles. The SMILES string of the molecule is COc1ccc(Cc2cc3c(cc2C)CN(C2CCCCC2)C3=O)cc1. The standard InChI is InChI=1S/C23H27NO2/c1-16-12-19-15-24(20-6-4-3-5-7-20)23(25)22(19)14-18(16)13-17-8-10-21(26-2)11-9-17/h8-12,14,20H,3-7,13,15H2,1-2H3. The molecule has 0 radical (unpaired) electrons. The molecule has 0 bridgehead atoms. The number of aryl methyl sites for hydroxylation is 1. The molecular weight excluding hydrogens is 322 g/mol. The van der Waals surface area contributed by atoms with Crippen LogP contribution in [0.2, 0.25) is 0 Å². The second kappa shape index (κ2) is 7.14. The summed E-state index contributed by atoms with van der Waals surface area (Å²) in [5, 5.41) is 0. The second-order valence-corrected chi connectivity index (χ2v) is 7.69. The lowest BCUT2D eigenvalue weighted by atomic mass is 9.94. The Morgan fingerprint density at radius 2 is 1.81 bits per heavy atom. The quantitative estimate of drug-likeness (QED) is 0.787. The number of hydrogen-bond donors (Lipinski definition) is 0. The summed E-state index contributed by atoms with van der Waals surface area (Å²) in [4.78, 5) is 15.1. The van der Waals surface area contributed by atoms with Crippen molar-refractivity contribution in [3.8, 4) is 5.75 Å². The van der Waals surface area contributed by atoms with E-state index in [2.05, 4.69) is 36.1 Å². The fraction of sp³-hybridized carbons (Fsp3) is 0.435. The number of rotatable bonds is 4. The van der Waals surface area contributed by atoms with Gasteiger partial charge in [0.25, 0.3) is 5.91 Å². The van der Waals surface area contributed by atoms with Crippen LogP contribution in [0.5, 0.6) is 5.75 Å². The molecule has 3 heteroatoms. The molecule has 4 rings (SSSR count). The van der Waals surface area contributed by atoms with Gasteiger partial charge >= 0.3 is 0 Å². The van der Waals surface area contributed by atoms with Crippen LogP contribution in [0.25, 0.3) is 0 Å². The number of carbonyl (C=O) groups is 1. The zero-order valence-electron chi connectivity index (χ0n) is 15.8. The number of fused-ring (bicyclic) bond motifs is 1. The van der Waals surface area contributed by atoms with Crippen LogP contribution in [0.15, 0.2) is 36.4 Å². The largest absolute Gasteiger partial charge is 0.497 e. The maximum absolute atomic E-state index is 13.0. The Kier molecular flexibility index (Phi) is 4.71. The molecule has 1 aliphatic heterocycles. The van der Waals surface area contributed by atoms with Crippen molar-refractivity contribution < 1.29 is 9.53 Å². The normalized spacial score (nSPS) is 17.5. The van der Waals surface area contributed by atoms with E-state index >= 15 is 0 Å². The third-order valence-corrected chi connectivity index (χ3v) is 5.96. The van der Waals surface area contributed by atoms with Gasteiger partial charge in [-0.15, -0.1) is 0 Å². The fourth-order valence-corrected chi connectivity index (χ4v) is 4.39. The molecule has 1 aliphatic carbocycles. The van der Waals surface area contributed by atoms with Gasteiger partial charge in [0.15, 0.2) is 0 Å². The molecular formula is C23H27NO2. The molecule has 1 saturated carbocycles. The molecule has 2 aliphatic rings. The van der Waals surface area contributed by atoms with Crippen molar-refractivity contribution in [2.75, 3.05) is 7.11 Å². The van der Waals surface area contributed by atoms with Gasteiger partial charge in [0.05, 0.1) is 7.11 Å². The fourth-order valence-electron chi connectivity index (χ4n) is 4.39. The van der Waals surface area contributed by atoms with Crippen LogP contribution in [-0.2, 0) is 13.0 Å². The highest BCUT2D eigenvalue weighted by molar-refractivity contribution is 5.99. The summed E-state index contributed by atoms with van der Waals surface area (Å²) < 4.78 is 5.24. The summed E-state index contributed by atoms with van der Waals surface area (Å²) in [6.45, 7) is 2.95. The zero-order valence-corrected chi connectivity index (χ0v) is 15.8. The maximum Gasteiger partial charge on any atom is 0.254 e. The van der Waals surface area contributed by atoms with Gasteiger partial charge < -0.3 is 9.64 Å². The molecule has 3 nitrogen and oxygen atoms in total. The summed E-state index contributed by atoms with van der Waals surface area (Å²) >= 11 is 0. The van der Waals surface area contributed by atoms with Crippen LogP contribution >= 0.6 is 0 Å². The summed E-state index contributed by atoms with van der Waals surface area (Å²) in [7, 11) is 1.68. The molecule has 136 valence electrons. The van der Waals surface area contributed by atoms with Gasteiger partial charge in [-0.25, -0.2) is 0 Å². The van der Waals surface area contributed by atoms with E-state index in [9.17, 15) is 4.79 Å². The maximum atomic E-state index is 13.0. The van der Waals surface area contributed by atoms with Crippen molar-refractivity contribution in [1.29, 1.82) is 0 Å². The zero-order chi connectivity index (χ0) is 18.1. The first kappa shape index (κ1) is 17.1. The lowest BCUT2D eigenvalue weighted by Gasteiger charge is -2.30. The van der Waals surface area contributed by atoms with Crippen molar-refractivity contribution in [2.24, 2.45) is 0 Å². The van der Waals surface area contributed by atoms with E-state index in [1.807, 2.05) is 12.1 Å².